The number of rotatable bonds is 6. The first kappa shape index (κ1) is 24.5. The minimum Gasteiger partial charge on any atom is -0.497 e. The van der Waals surface area contributed by atoms with Gasteiger partial charge in [-0.05, 0) is 50.0 Å². The Morgan fingerprint density at radius 3 is 2.68 bits per heavy atom. The average Bonchev–Trinajstić information content (AvgIpc) is 3.50. The van der Waals surface area contributed by atoms with Crippen molar-refractivity contribution < 1.29 is 9.47 Å². The molecular formula is C23H38IN5O2. The van der Waals surface area contributed by atoms with Crippen LogP contribution in [0.4, 0.5) is 0 Å². The molecule has 3 saturated heterocycles. The van der Waals surface area contributed by atoms with E-state index in [4.69, 9.17) is 9.47 Å². The zero-order valence-corrected chi connectivity index (χ0v) is 21.3. The Hall–Kier alpha value is -1.10. The fourth-order valence-corrected chi connectivity index (χ4v) is 5.05. The second kappa shape index (κ2) is 12.2. The van der Waals surface area contributed by atoms with Gasteiger partial charge in [0.25, 0.3) is 0 Å². The van der Waals surface area contributed by atoms with Crippen LogP contribution in [0.3, 0.4) is 0 Å². The van der Waals surface area contributed by atoms with Crippen molar-refractivity contribution >= 4 is 29.9 Å². The SMILES string of the molecule is CN=C(NCC(c1cccc(OC)c1)N1CCCC1)N1CCC(N2CCOCC2)C1.I. The normalized spacial score (nSPS) is 24.1. The molecule has 3 heterocycles. The summed E-state index contributed by atoms with van der Waals surface area (Å²) < 4.78 is 11.0. The topological polar surface area (TPSA) is 52.6 Å². The Morgan fingerprint density at radius 2 is 1.97 bits per heavy atom. The van der Waals surface area contributed by atoms with Gasteiger partial charge in [-0.3, -0.25) is 14.8 Å². The number of guanidine groups is 1. The van der Waals surface area contributed by atoms with E-state index in [0.29, 0.717) is 12.1 Å². The Balaban J connectivity index is 0.00000272. The molecule has 0 bridgehead atoms. The molecule has 2 unspecified atom stereocenters. The summed E-state index contributed by atoms with van der Waals surface area (Å²) in [7, 11) is 3.64. The molecule has 0 radical (unpaired) electrons. The number of halogens is 1. The van der Waals surface area contributed by atoms with Crippen LogP contribution in [-0.2, 0) is 4.74 Å². The molecule has 8 heteroatoms. The van der Waals surface area contributed by atoms with E-state index in [2.05, 4.69) is 43.2 Å². The van der Waals surface area contributed by atoms with E-state index < -0.39 is 0 Å². The molecule has 3 aliphatic rings. The van der Waals surface area contributed by atoms with Crippen LogP contribution in [0, 0.1) is 0 Å². The molecule has 3 aliphatic heterocycles. The van der Waals surface area contributed by atoms with Crippen molar-refractivity contribution in [1.82, 2.24) is 20.0 Å². The first-order chi connectivity index (χ1) is 14.8. The number of ether oxygens (including phenoxy) is 2. The number of aliphatic imine (C=N–C) groups is 1. The summed E-state index contributed by atoms with van der Waals surface area (Å²) >= 11 is 0. The number of likely N-dealkylation sites (tertiary alicyclic amines) is 2. The number of benzene rings is 1. The van der Waals surface area contributed by atoms with Crippen molar-refractivity contribution in [2.24, 2.45) is 4.99 Å². The van der Waals surface area contributed by atoms with Gasteiger partial charge in [-0.1, -0.05) is 12.1 Å². The van der Waals surface area contributed by atoms with Crippen LogP contribution in [0.5, 0.6) is 5.75 Å². The predicted octanol–water partition coefficient (Wildman–Crippen LogP) is 2.43. The van der Waals surface area contributed by atoms with Crippen molar-refractivity contribution in [2.75, 3.05) is 73.2 Å². The molecule has 0 aliphatic carbocycles. The first-order valence-electron chi connectivity index (χ1n) is 11.4. The van der Waals surface area contributed by atoms with Crippen LogP contribution in [0.15, 0.2) is 29.3 Å². The molecule has 4 rings (SSSR count). The number of hydrogen-bond acceptors (Lipinski definition) is 5. The number of nitrogens with zero attached hydrogens (tertiary/aromatic N) is 4. The highest BCUT2D eigenvalue weighted by Crippen LogP contribution is 2.27. The van der Waals surface area contributed by atoms with Crippen LogP contribution in [0.1, 0.15) is 30.9 Å². The molecule has 1 aromatic rings. The lowest BCUT2D eigenvalue weighted by Crippen LogP contribution is -2.47. The van der Waals surface area contributed by atoms with Crippen molar-refractivity contribution in [2.45, 2.75) is 31.3 Å². The Morgan fingerprint density at radius 1 is 1.19 bits per heavy atom. The van der Waals surface area contributed by atoms with Crippen molar-refractivity contribution in [3.8, 4) is 5.75 Å². The molecule has 1 aromatic carbocycles. The van der Waals surface area contributed by atoms with E-state index in [0.717, 1.165) is 70.7 Å². The molecule has 0 spiro atoms. The third-order valence-corrected chi connectivity index (χ3v) is 6.75. The van der Waals surface area contributed by atoms with Gasteiger partial charge in [0, 0.05) is 45.8 Å². The molecule has 1 N–H and O–H groups in total. The molecular weight excluding hydrogens is 505 g/mol. The standard InChI is InChI=1S/C23H37N5O2.HI/c1-24-23(28-11-8-20(18-28)26-12-14-30-15-13-26)25-17-22(27-9-3-4-10-27)19-6-5-7-21(16-19)29-2;/h5-7,16,20,22H,3-4,8-15,17-18H2,1-2H3,(H,24,25);1H. The second-order valence-corrected chi connectivity index (χ2v) is 8.50. The van der Waals surface area contributed by atoms with Gasteiger partial charge in [-0.25, -0.2) is 0 Å². The lowest BCUT2D eigenvalue weighted by Gasteiger charge is -2.33. The highest BCUT2D eigenvalue weighted by Gasteiger charge is 2.31. The number of nitrogens with one attached hydrogen (secondary N) is 1. The summed E-state index contributed by atoms with van der Waals surface area (Å²) in [5.74, 6) is 1.95. The maximum absolute atomic E-state index is 5.52. The van der Waals surface area contributed by atoms with Crippen LogP contribution >= 0.6 is 24.0 Å². The van der Waals surface area contributed by atoms with Crippen LogP contribution in [0.25, 0.3) is 0 Å². The summed E-state index contributed by atoms with van der Waals surface area (Å²) in [6.45, 7) is 9.12. The van der Waals surface area contributed by atoms with Crippen LogP contribution in [-0.4, -0.2) is 99.9 Å². The summed E-state index contributed by atoms with van der Waals surface area (Å²) in [6.07, 6.45) is 3.76. The average molecular weight is 543 g/mol. The second-order valence-electron chi connectivity index (χ2n) is 8.50. The van der Waals surface area contributed by atoms with Gasteiger partial charge in [0.1, 0.15) is 5.75 Å². The monoisotopic (exact) mass is 543 g/mol. The van der Waals surface area contributed by atoms with Gasteiger partial charge in [0.05, 0.1) is 26.4 Å². The van der Waals surface area contributed by atoms with Gasteiger partial charge in [0.15, 0.2) is 5.96 Å². The minimum absolute atomic E-state index is 0. The molecule has 0 saturated carbocycles. The minimum atomic E-state index is 0. The summed E-state index contributed by atoms with van der Waals surface area (Å²) in [6, 6.07) is 9.46. The maximum Gasteiger partial charge on any atom is 0.193 e. The third kappa shape index (κ3) is 6.24. The van der Waals surface area contributed by atoms with Gasteiger partial charge in [0.2, 0.25) is 0 Å². The number of methoxy groups -OCH3 is 1. The van der Waals surface area contributed by atoms with E-state index in [-0.39, 0.29) is 24.0 Å². The number of hydrogen-bond donors (Lipinski definition) is 1. The highest BCUT2D eigenvalue weighted by atomic mass is 127. The van der Waals surface area contributed by atoms with Gasteiger partial charge in [-0.15, -0.1) is 24.0 Å². The lowest BCUT2D eigenvalue weighted by molar-refractivity contribution is 0.0194. The summed E-state index contributed by atoms with van der Waals surface area (Å²) in [5.41, 5.74) is 1.31. The summed E-state index contributed by atoms with van der Waals surface area (Å²) in [5, 5.41) is 3.70. The van der Waals surface area contributed by atoms with Crippen molar-refractivity contribution in [3.05, 3.63) is 29.8 Å². The van der Waals surface area contributed by atoms with Crippen molar-refractivity contribution in [3.63, 3.8) is 0 Å². The Kier molecular flexibility index (Phi) is 9.68. The van der Waals surface area contributed by atoms with Gasteiger partial charge < -0.3 is 19.7 Å². The smallest absolute Gasteiger partial charge is 0.193 e. The van der Waals surface area contributed by atoms with Gasteiger partial charge >= 0.3 is 0 Å². The Bertz CT molecular complexity index is 707. The quantitative estimate of drug-likeness (QED) is 0.338. The largest absolute Gasteiger partial charge is 0.497 e. The zero-order chi connectivity index (χ0) is 20.8. The highest BCUT2D eigenvalue weighted by molar-refractivity contribution is 14.0. The molecule has 31 heavy (non-hydrogen) atoms. The zero-order valence-electron chi connectivity index (χ0n) is 19.0. The van der Waals surface area contributed by atoms with E-state index in [1.54, 1.807) is 7.11 Å². The fourth-order valence-electron chi connectivity index (χ4n) is 5.05. The van der Waals surface area contributed by atoms with Crippen LogP contribution < -0.4 is 10.1 Å². The number of morpholine rings is 1. The fraction of sp³-hybridized carbons (Fsp3) is 0.696. The molecule has 7 nitrogen and oxygen atoms in total. The Labute approximate surface area is 204 Å². The lowest BCUT2D eigenvalue weighted by atomic mass is 10.1. The first-order valence-corrected chi connectivity index (χ1v) is 11.4. The van der Waals surface area contributed by atoms with Crippen LogP contribution in [0.2, 0.25) is 0 Å². The van der Waals surface area contributed by atoms with E-state index >= 15 is 0 Å². The van der Waals surface area contributed by atoms with E-state index in [1.165, 1.54) is 24.8 Å². The molecule has 0 aromatic heterocycles. The predicted molar refractivity (Wildman–Crippen MR) is 136 cm³/mol. The molecule has 174 valence electrons. The molecule has 2 atom stereocenters. The third-order valence-electron chi connectivity index (χ3n) is 6.75. The van der Waals surface area contributed by atoms with E-state index in [1.807, 2.05) is 13.1 Å². The van der Waals surface area contributed by atoms with Crippen molar-refractivity contribution in [1.29, 1.82) is 0 Å². The molecule has 3 fully saturated rings. The summed E-state index contributed by atoms with van der Waals surface area (Å²) in [4.78, 5) is 12.2. The maximum atomic E-state index is 5.52. The van der Waals surface area contributed by atoms with Gasteiger partial charge in [-0.2, -0.15) is 0 Å². The van der Waals surface area contributed by atoms with E-state index in [9.17, 15) is 0 Å². The molecule has 0 amide bonds.